The van der Waals surface area contributed by atoms with Gasteiger partial charge in [-0.3, -0.25) is 4.79 Å². The first kappa shape index (κ1) is 8.26. The van der Waals surface area contributed by atoms with Gasteiger partial charge in [-0.15, -0.1) is 0 Å². The predicted octanol–water partition coefficient (Wildman–Crippen LogP) is 0.901. The van der Waals surface area contributed by atoms with E-state index < -0.39 is 0 Å². The van der Waals surface area contributed by atoms with Crippen LogP contribution in [0.3, 0.4) is 0 Å². The Balaban J connectivity index is 2.39. The molecule has 1 aliphatic rings. The molecule has 13 heavy (non-hydrogen) atoms. The third-order valence-electron chi connectivity index (χ3n) is 2.25. The van der Waals surface area contributed by atoms with E-state index in [0.29, 0.717) is 6.42 Å². The number of hydrogen-bond donors (Lipinski definition) is 2. The topological polar surface area (TPSA) is 41.1 Å². The first-order chi connectivity index (χ1) is 6.31. The highest BCUT2D eigenvalue weighted by atomic mass is 16.1. The van der Waals surface area contributed by atoms with Gasteiger partial charge in [0.15, 0.2) is 0 Å². The zero-order chi connectivity index (χ0) is 9.26. The van der Waals surface area contributed by atoms with Crippen LogP contribution in [0.5, 0.6) is 0 Å². The van der Waals surface area contributed by atoms with Gasteiger partial charge in [-0.2, -0.15) is 0 Å². The zero-order valence-electron chi connectivity index (χ0n) is 7.55. The van der Waals surface area contributed by atoms with E-state index in [1.54, 1.807) is 0 Å². The molecule has 0 atom stereocenters. The Kier molecular flexibility index (Phi) is 2.02. The van der Waals surface area contributed by atoms with Crippen LogP contribution in [0.25, 0.3) is 0 Å². The van der Waals surface area contributed by atoms with Crippen LogP contribution in [0.4, 0.5) is 5.69 Å². The van der Waals surface area contributed by atoms with Gasteiger partial charge in [-0.05, 0) is 24.2 Å². The van der Waals surface area contributed by atoms with Crippen LogP contribution >= 0.6 is 0 Å². The predicted molar refractivity (Wildman–Crippen MR) is 51.5 cm³/mol. The molecule has 1 aromatic rings. The van der Waals surface area contributed by atoms with Gasteiger partial charge < -0.3 is 10.6 Å². The van der Waals surface area contributed by atoms with Crippen molar-refractivity contribution in [1.82, 2.24) is 5.32 Å². The molecule has 0 unspecified atom stereocenters. The second kappa shape index (κ2) is 3.18. The van der Waals surface area contributed by atoms with Crippen LogP contribution in [0.15, 0.2) is 18.2 Å². The molecule has 0 aliphatic carbocycles. The minimum atomic E-state index is 0.0959. The van der Waals surface area contributed by atoms with Crippen LogP contribution in [0.1, 0.15) is 11.1 Å². The molecule has 0 saturated carbocycles. The largest absolute Gasteiger partial charge is 0.326 e. The molecule has 1 amide bonds. The standard InChI is InChI=1S/C10H12N2O/c1-11-6-7-3-2-4-9-8(7)5-10(13)12-9/h2-4,11H,5-6H2,1H3,(H,12,13). The maximum Gasteiger partial charge on any atom is 0.228 e. The van der Waals surface area contributed by atoms with E-state index >= 15 is 0 Å². The molecule has 1 aliphatic heterocycles. The van der Waals surface area contributed by atoms with Crippen molar-refractivity contribution in [2.75, 3.05) is 12.4 Å². The van der Waals surface area contributed by atoms with Crippen LogP contribution in [0, 0.1) is 0 Å². The lowest BCUT2D eigenvalue weighted by Crippen LogP contribution is -2.07. The Morgan fingerprint density at radius 1 is 1.54 bits per heavy atom. The molecule has 3 nitrogen and oxygen atoms in total. The third-order valence-corrected chi connectivity index (χ3v) is 2.25. The normalized spacial score (nSPS) is 14.1. The van der Waals surface area contributed by atoms with Gasteiger partial charge >= 0.3 is 0 Å². The maximum atomic E-state index is 11.1. The number of carbonyl (C=O) groups excluding carboxylic acids is 1. The molecule has 2 rings (SSSR count). The Bertz CT molecular complexity index is 347. The van der Waals surface area contributed by atoms with Gasteiger partial charge in [-0.1, -0.05) is 12.1 Å². The van der Waals surface area contributed by atoms with Gasteiger partial charge in [0, 0.05) is 12.2 Å². The second-order valence-electron chi connectivity index (χ2n) is 3.20. The monoisotopic (exact) mass is 176 g/mol. The first-order valence-electron chi connectivity index (χ1n) is 4.36. The summed E-state index contributed by atoms with van der Waals surface area (Å²) in [6.45, 7) is 0.818. The number of rotatable bonds is 2. The van der Waals surface area contributed by atoms with Gasteiger partial charge in [0.1, 0.15) is 0 Å². The highest BCUT2D eigenvalue weighted by Gasteiger charge is 2.19. The molecule has 68 valence electrons. The minimum absolute atomic E-state index is 0.0959. The number of fused-ring (bicyclic) bond motifs is 1. The van der Waals surface area contributed by atoms with Crippen molar-refractivity contribution in [2.24, 2.45) is 0 Å². The van der Waals surface area contributed by atoms with Crippen molar-refractivity contribution >= 4 is 11.6 Å². The van der Waals surface area contributed by atoms with Crippen LogP contribution in [-0.4, -0.2) is 13.0 Å². The summed E-state index contributed by atoms with van der Waals surface area (Å²) < 4.78 is 0. The highest BCUT2D eigenvalue weighted by molar-refractivity contribution is 5.99. The average molecular weight is 176 g/mol. The quantitative estimate of drug-likeness (QED) is 0.703. The lowest BCUT2D eigenvalue weighted by Gasteiger charge is -2.05. The summed E-state index contributed by atoms with van der Waals surface area (Å²) in [5, 5.41) is 5.92. The van der Waals surface area contributed by atoms with E-state index in [-0.39, 0.29) is 5.91 Å². The summed E-state index contributed by atoms with van der Waals surface area (Å²) in [7, 11) is 1.91. The summed E-state index contributed by atoms with van der Waals surface area (Å²) in [5.41, 5.74) is 3.32. The molecule has 2 N–H and O–H groups in total. The van der Waals surface area contributed by atoms with Crippen molar-refractivity contribution in [3.8, 4) is 0 Å². The van der Waals surface area contributed by atoms with E-state index in [9.17, 15) is 4.79 Å². The van der Waals surface area contributed by atoms with Crippen LogP contribution < -0.4 is 10.6 Å². The van der Waals surface area contributed by atoms with Crippen molar-refractivity contribution in [3.05, 3.63) is 29.3 Å². The number of anilines is 1. The molecule has 1 aromatic carbocycles. The second-order valence-corrected chi connectivity index (χ2v) is 3.20. The van der Waals surface area contributed by atoms with Gasteiger partial charge in [0.25, 0.3) is 0 Å². The number of hydrogen-bond acceptors (Lipinski definition) is 2. The van der Waals surface area contributed by atoms with Crippen molar-refractivity contribution in [3.63, 3.8) is 0 Å². The Morgan fingerprint density at radius 3 is 3.15 bits per heavy atom. The molecule has 0 fully saturated rings. The summed E-state index contributed by atoms with van der Waals surface area (Å²) in [6, 6.07) is 5.96. The van der Waals surface area contributed by atoms with Gasteiger partial charge in [-0.25, -0.2) is 0 Å². The SMILES string of the molecule is CNCc1cccc2c1CC(=O)N2. The molecule has 0 saturated heterocycles. The summed E-state index contributed by atoms with van der Waals surface area (Å²) in [4.78, 5) is 11.1. The van der Waals surface area contributed by atoms with E-state index in [4.69, 9.17) is 0 Å². The van der Waals surface area contributed by atoms with Gasteiger partial charge in [0.05, 0.1) is 6.42 Å². The molecule has 0 spiro atoms. The molecule has 1 heterocycles. The lowest BCUT2D eigenvalue weighted by atomic mass is 10.1. The van der Waals surface area contributed by atoms with Crippen LogP contribution in [0.2, 0.25) is 0 Å². The Hall–Kier alpha value is -1.35. The number of carbonyl (C=O) groups is 1. The molecule has 3 heteroatoms. The van der Waals surface area contributed by atoms with Crippen molar-refractivity contribution in [2.45, 2.75) is 13.0 Å². The fourth-order valence-electron chi connectivity index (χ4n) is 1.67. The molecule has 0 aromatic heterocycles. The first-order valence-corrected chi connectivity index (χ1v) is 4.36. The summed E-state index contributed by atoms with van der Waals surface area (Å²) in [5.74, 6) is 0.0959. The van der Waals surface area contributed by atoms with E-state index in [0.717, 1.165) is 17.8 Å². The molecular formula is C10H12N2O. The zero-order valence-corrected chi connectivity index (χ0v) is 7.55. The highest BCUT2D eigenvalue weighted by Crippen LogP contribution is 2.25. The van der Waals surface area contributed by atoms with E-state index in [1.165, 1.54) is 5.56 Å². The number of amides is 1. The average Bonchev–Trinajstić information content (AvgIpc) is 2.47. The lowest BCUT2D eigenvalue weighted by molar-refractivity contribution is -0.115. The summed E-state index contributed by atoms with van der Waals surface area (Å²) >= 11 is 0. The van der Waals surface area contributed by atoms with E-state index in [1.807, 2.05) is 19.2 Å². The maximum absolute atomic E-state index is 11.1. The fraction of sp³-hybridized carbons (Fsp3) is 0.300. The Labute approximate surface area is 77.1 Å². The minimum Gasteiger partial charge on any atom is -0.326 e. The Morgan fingerprint density at radius 2 is 2.38 bits per heavy atom. The third kappa shape index (κ3) is 1.42. The molecular weight excluding hydrogens is 164 g/mol. The van der Waals surface area contributed by atoms with Crippen molar-refractivity contribution in [1.29, 1.82) is 0 Å². The molecule has 0 bridgehead atoms. The fourth-order valence-corrected chi connectivity index (χ4v) is 1.67. The van der Waals surface area contributed by atoms with E-state index in [2.05, 4.69) is 16.7 Å². The molecule has 0 radical (unpaired) electrons. The van der Waals surface area contributed by atoms with Crippen LogP contribution in [-0.2, 0) is 17.8 Å². The smallest absolute Gasteiger partial charge is 0.228 e. The van der Waals surface area contributed by atoms with Gasteiger partial charge in [0.2, 0.25) is 5.91 Å². The van der Waals surface area contributed by atoms with Crippen molar-refractivity contribution < 1.29 is 4.79 Å². The summed E-state index contributed by atoms with van der Waals surface area (Å²) in [6.07, 6.45) is 0.521. The number of benzene rings is 1. The number of nitrogens with one attached hydrogen (secondary N) is 2.